The molecule has 5 heteroatoms. The minimum Gasteiger partial charge on any atom is -0.341 e. The van der Waals surface area contributed by atoms with E-state index >= 15 is 0 Å². The van der Waals surface area contributed by atoms with Crippen LogP contribution in [0.5, 0.6) is 0 Å². The van der Waals surface area contributed by atoms with Gasteiger partial charge in [-0.05, 0) is 36.2 Å². The smallest absolute Gasteiger partial charge is 0.117 e. The highest BCUT2D eigenvalue weighted by Gasteiger charge is 2.07. The number of imidazole rings is 1. The molecule has 3 aromatic rings. The maximum atomic E-state index is 4.58. The third-order valence-electron chi connectivity index (χ3n) is 3.22. The van der Waals surface area contributed by atoms with Gasteiger partial charge in [-0.15, -0.1) is 0 Å². The molecule has 1 N–H and O–H groups in total. The summed E-state index contributed by atoms with van der Waals surface area (Å²) in [5.74, 6) is 2.51. The molecule has 2 aromatic heterocycles. The second-order valence-corrected chi connectivity index (χ2v) is 5.83. The summed E-state index contributed by atoms with van der Waals surface area (Å²) >= 11 is 6.05. The normalized spacial score (nSPS) is 11.1. The lowest BCUT2D eigenvalue weighted by atomic mass is 10.2. The topological polar surface area (TPSA) is 41.6 Å². The monoisotopic (exact) mass is 301 g/mol. The van der Waals surface area contributed by atoms with E-state index in [1.807, 2.05) is 36.5 Å². The van der Waals surface area contributed by atoms with E-state index in [4.69, 9.17) is 0 Å². The van der Waals surface area contributed by atoms with Gasteiger partial charge in [0, 0.05) is 11.9 Å². The van der Waals surface area contributed by atoms with Crippen LogP contribution in [-0.4, -0.2) is 15.0 Å². The number of fused-ring (bicyclic) bond motifs is 1. The number of hydrogen-bond acceptors (Lipinski definition) is 4. The van der Waals surface area contributed by atoms with Crippen molar-refractivity contribution in [3.8, 4) is 0 Å². The van der Waals surface area contributed by atoms with Crippen LogP contribution in [0, 0.1) is 6.92 Å². The van der Waals surface area contributed by atoms with Gasteiger partial charge in [0.25, 0.3) is 0 Å². The molecule has 0 unspecified atom stereocenters. The average Bonchev–Trinajstić information content (AvgIpc) is 2.89. The van der Waals surface area contributed by atoms with Crippen molar-refractivity contribution in [2.45, 2.75) is 23.5 Å². The molecule has 0 atom stereocenters. The molecule has 0 saturated carbocycles. The van der Waals surface area contributed by atoms with Gasteiger partial charge in [-0.3, -0.25) is 0 Å². The largest absolute Gasteiger partial charge is 0.341 e. The van der Waals surface area contributed by atoms with E-state index in [0.717, 1.165) is 33.4 Å². The molecule has 0 fully saturated rings. The number of H-pyrrole nitrogens is 1. The lowest BCUT2D eigenvalue weighted by Gasteiger charge is -2.07. The lowest BCUT2D eigenvalue weighted by Crippen LogP contribution is -1.92. The van der Waals surface area contributed by atoms with Crippen LogP contribution < -0.4 is 0 Å². The van der Waals surface area contributed by atoms with Gasteiger partial charge in [0.15, 0.2) is 0 Å². The van der Waals surface area contributed by atoms with Crippen molar-refractivity contribution in [3.05, 3.63) is 53.5 Å². The van der Waals surface area contributed by atoms with Gasteiger partial charge < -0.3 is 4.98 Å². The summed E-state index contributed by atoms with van der Waals surface area (Å²) in [6, 6.07) is 10.1. The number of hydrogen-bond donors (Lipinski definition) is 2. The quantitative estimate of drug-likeness (QED) is 0.565. The van der Waals surface area contributed by atoms with E-state index in [1.165, 1.54) is 11.1 Å². The fraction of sp³-hybridized carbons (Fsp3) is 0.200. The van der Waals surface area contributed by atoms with E-state index in [9.17, 15) is 0 Å². The predicted molar refractivity (Wildman–Crippen MR) is 87.3 cm³/mol. The van der Waals surface area contributed by atoms with Crippen molar-refractivity contribution in [1.82, 2.24) is 15.0 Å². The number of thioether (sulfide) groups is 1. The van der Waals surface area contributed by atoms with Crippen LogP contribution in [-0.2, 0) is 11.5 Å². The van der Waals surface area contributed by atoms with Crippen LogP contribution in [0.15, 0.2) is 41.6 Å². The fourth-order valence-corrected chi connectivity index (χ4v) is 3.32. The third-order valence-corrected chi connectivity index (χ3v) is 4.67. The summed E-state index contributed by atoms with van der Waals surface area (Å²) in [4.78, 5) is 12.4. The van der Waals surface area contributed by atoms with E-state index in [-0.39, 0.29) is 0 Å². The van der Waals surface area contributed by atoms with Crippen LogP contribution >= 0.6 is 24.4 Å². The molecule has 3 nitrogen and oxygen atoms in total. The minimum absolute atomic E-state index is 0.743. The number of aromatic nitrogens is 3. The Morgan fingerprint density at radius 2 is 2.10 bits per heavy atom. The molecule has 0 bridgehead atoms. The van der Waals surface area contributed by atoms with Crippen molar-refractivity contribution in [2.24, 2.45) is 0 Å². The van der Waals surface area contributed by atoms with E-state index in [1.54, 1.807) is 11.8 Å². The van der Waals surface area contributed by atoms with E-state index in [2.05, 4.69) is 34.5 Å². The number of para-hydroxylation sites is 2. The summed E-state index contributed by atoms with van der Waals surface area (Å²) in [6.45, 7) is 2.10. The van der Waals surface area contributed by atoms with Gasteiger partial charge in [0.1, 0.15) is 5.82 Å². The molecule has 0 aliphatic heterocycles. The Hall–Kier alpha value is -1.46. The molecular weight excluding hydrogens is 286 g/mol. The standard InChI is InChI=1S/C15H15N3S2/c1-10-11(8-19)6-7-16-15(10)20-9-14-17-12-4-2-3-5-13(12)18-14/h2-7,19H,8-9H2,1H3,(H,17,18). The maximum absolute atomic E-state index is 4.58. The Labute approximate surface area is 127 Å². The minimum atomic E-state index is 0.743. The van der Waals surface area contributed by atoms with Gasteiger partial charge >= 0.3 is 0 Å². The number of rotatable bonds is 4. The second kappa shape index (κ2) is 5.89. The zero-order chi connectivity index (χ0) is 13.9. The van der Waals surface area contributed by atoms with Crippen molar-refractivity contribution in [3.63, 3.8) is 0 Å². The highest BCUT2D eigenvalue weighted by Crippen LogP contribution is 2.26. The van der Waals surface area contributed by atoms with E-state index in [0.29, 0.717) is 0 Å². The maximum Gasteiger partial charge on any atom is 0.117 e. The molecule has 20 heavy (non-hydrogen) atoms. The van der Waals surface area contributed by atoms with Crippen LogP contribution in [0.1, 0.15) is 17.0 Å². The average molecular weight is 301 g/mol. The summed E-state index contributed by atoms with van der Waals surface area (Å²) in [5.41, 5.74) is 4.54. The number of aromatic amines is 1. The molecule has 0 saturated heterocycles. The van der Waals surface area contributed by atoms with Crippen LogP contribution in [0.4, 0.5) is 0 Å². The Bertz CT molecular complexity index is 704. The first kappa shape index (κ1) is 13.5. The SMILES string of the molecule is Cc1c(CS)ccnc1SCc1nc2ccccc2[nH]1. The van der Waals surface area contributed by atoms with Gasteiger partial charge in [-0.2, -0.15) is 12.6 Å². The van der Waals surface area contributed by atoms with Crippen molar-refractivity contribution >= 4 is 35.4 Å². The number of benzene rings is 1. The highest BCUT2D eigenvalue weighted by atomic mass is 32.2. The van der Waals surface area contributed by atoms with Gasteiger partial charge in [0.05, 0.1) is 21.8 Å². The third kappa shape index (κ3) is 2.69. The first-order chi connectivity index (χ1) is 9.78. The molecule has 0 aliphatic rings. The second-order valence-electron chi connectivity index (χ2n) is 4.55. The molecule has 1 aromatic carbocycles. The van der Waals surface area contributed by atoms with Gasteiger partial charge in [-0.1, -0.05) is 23.9 Å². The lowest BCUT2D eigenvalue weighted by molar-refractivity contribution is 1.04. The number of pyridine rings is 1. The Morgan fingerprint density at radius 1 is 1.25 bits per heavy atom. The summed E-state index contributed by atoms with van der Waals surface area (Å²) < 4.78 is 0. The predicted octanol–water partition coefficient (Wildman–Crippen LogP) is 3.99. The van der Waals surface area contributed by atoms with Crippen LogP contribution in [0.3, 0.4) is 0 Å². The highest BCUT2D eigenvalue weighted by molar-refractivity contribution is 7.98. The van der Waals surface area contributed by atoms with E-state index < -0.39 is 0 Å². The van der Waals surface area contributed by atoms with Gasteiger partial charge in [-0.25, -0.2) is 9.97 Å². The number of thiol groups is 1. The molecule has 102 valence electrons. The Kier molecular flexibility index (Phi) is 3.98. The molecule has 0 radical (unpaired) electrons. The van der Waals surface area contributed by atoms with Crippen LogP contribution in [0.2, 0.25) is 0 Å². The van der Waals surface area contributed by atoms with Crippen LogP contribution in [0.25, 0.3) is 11.0 Å². The molecular formula is C15H15N3S2. The summed E-state index contributed by atoms with van der Waals surface area (Å²) in [5, 5.41) is 1.05. The molecule has 2 heterocycles. The van der Waals surface area contributed by atoms with Gasteiger partial charge in [0.2, 0.25) is 0 Å². The molecule has 0 amide bonds. The van der Waals surface area contributed by atoms with Crippen molar-refractivity contribution in [1.29, 1.82) is 0 Å². The zero-order valence-electron chi connectivity index (χ0n) is 11.1. The fourth-order valence-electron chi connectivity index (χ4n) is 2.08. The zero-order valence-corrected chi connectivity index (χ0v) is 12.8. The first-order valence-corrected chi connectivity index (χ1v) is 8.01. The summed E-state index contributed by atoms with van der Waals surface area (Å²) in [6.07, 6.45) is 1.85. The molecule has 3 rings (SSSR count). The molecule has 0 spiro atoms. The van der Waals surface area contributed by atoms with Crippen molar-refractivity contribution in [2.75, 3.05) is 0 Å². The number of nitrogens with zero attached hydrogens (tertiary/aromatic N) is 2. The van der Waals surface area contributed by atoms with Crippen molar-refractivity contribution < 1.29 is 0 Å². The Balaban J connectivity index is 1.79. The first-order valence-electron chi connectivity index (χ1n) is 6.39. The summed E-state index contributed by atoms with van der Waals surface area (Å²) in [7, 11) is 0. The molecule has 0 aliphatic carbocycles. The Morgan fingerprint density at radius 3 is 2.90 bits per heavy atom. The number of nitrogens with one attached hydrogen (secondary N) is 1.